The van der Waals surface area contributed by atoms with Gasteiger partial charge in [0.25, 0.3) is 0 Å². The highest BCUT2D eigenvalue weighted by atomic mass is 16.7. The Balaban J connectivity index is 1.74. The molecule has 102 valence electrons. The quantitative estimate of drug-likeness (QED) is 0.898. The molecule has 1 aromatic rings. The number of carboxylic acid groups (broad SMARTS) is 1. The predicted octanol–water partition coefficient (Wildman–Crippen LogP) is 1.64. The molecule has 2 aliphatic rings. The number of hydrogen-bond donors (Lipinski definition) is 1. The molecular formula is C14H17NO4. The molecule has 0 aliphatic carbocycles. The molecule has 19 heavy (non-hydrogen) atoms. The lowest BCUT2D eigenvalue weighted by Crippen LogP contribution is -2.22. The first-order valence-corrected chi connectivity index (χ1v) is 6.55. The van der Waals surface area contributed by atoms with E-state index in [2.05, 4.69) is 4.90 Å². The zero-order valence-electron chi connectivity index (χ0n) is 10.6. The van der Waals surface area contributed by atoms with Crippen molar-refractivity contribution in [2.24, 2.45) is 5.92 Å². The third-order valence-electron chi connectivity index (χ3n) is 3.67. The molecule has 1 N–H and O–H groups in total. The Kier molecular flexibility index (Phi) is 3.40. The molecule has 1 aromatic carbocycles. The molecule has 0 radical (unpaired) electrons. The van der Waals surface area contributed by atoms with Gasteiger partial charge in [0.2, 0.25) is 0 Å². The lowest BCUT2D eigenvalue weighted by atomic mass is 10.1. The third-order valence-corrected chi connectivity index (χ3v) is 3.67. The molecule has 2 fully saturated rings. The van der Waals surface area contributed by atoms with Crippen LogP contribution in [0.3, 0.4) is 0 Å². The maximum absolute atomic E-state index is 11.0. The first-order valence-electron chi connectivity index (χ1n) is 6.55. The molecule has 3 rings (SSSR count). The van der Waals surface area contributed by atoms with Crippen LogP contribution in [0.5, 0.6) is 0 Å². The Bertz CT molecular complexity index is 470. The fourth-order valence-corrected chi connectivity index (χ4v) is 2.62. The average Bonchev–Trinajstić information content (AvgIpc) is 3.10. The van der Waals surface area contributed by atoms with Crippen molar-refractivity contribution in [3.8, 4) is 0 Å². The first-order chi connectivity index (χ1) is 9.24. The number of carbonyl (C=O) groups is 1. The van der Waals surface area contributed by atoms with E-state index in [9.17, 15) is 4.79 Å². The summed E-state index contributed by atoms with van der Waals surface area (Å²) in [6.45, 7) is 2.61. The minimum atomic E-state index is -0.707. The van der Waals surface area contributed by atoms with E-state index in [0.717, 1.165) is 17.8 Å². The number of hydrogen-bond acceptors (Lipinski definition) is 4. The SMILES string of the molecule is O=C(O)C1CCN(c2cccc(C3OCCO3)c2)C1. The van der Waals surface area contributed by atoms with Gasteiger partial charge in [0.15, 0.2) is 6.29 Å². The molecular weight excluding hydrogens is 246 g/mol. The van der Waals surface area contributed by atoms with Crippen LogP contribution in [0, 0.1) is 5.92 Å². The smallest absolute Gasteiger partial charge is 0.308 e. The van der Waals surface area contributed by atoms with E-state index in [1.807, 2.05) is 24.3 Å². The Hall–Kier alpha value is -1.59. The van der Waals surface area contributed by atoms with E-state index < -0.39 is 5.97 Å². The molecule has 1 atom stereocenters. The van der Waals surface area contributed by atoms with E-state index in [1.54, 1.807) is 0 Å². The van der Waals surface area contributed by atoms with Gasteiger partial charge in [0.05, 0.1) is 19.1 Å². The van der Waals surface area contributed by atoms with Crippen molar-refractivity contribution < 1.29 is 19.4 Å². The molecule has 0 aromatic heterocycles. The molecule has 0 amide bonds. The summed E-state index contributed by atoms with van der Waals surface area (Å²) in [5.74, 6) is -0.969. The molecule has 0 bridgehead atoms. The highest BCUT2D eigenvalue weighted by Gasteiger charge is 2.28. The summed E-state index contributed by atoms with van der Waals surface area (Å²) >= 11 is 0. The molecule has 2 aliphatic heterocycles. The van der Waals surface area contributed by atoms with Gasteiger partial charge in [-0.25, -0.2) is 0 Å². The van der Waals surface area contributed by atoms with Crippen molar-refractivity contribution in [3.05, 3.63) is 29.8 Å². The molecule has 2 heterocycles. The number of anilines is 1. The minimum Gasteiger partial charge on any atom is -0.481 e. The number of ether oxygens (including phenoxy) is 2. The van der Waals surface area contributed by atoms with Crippen molar-refractivity contribution in [2.75, 3.05) is 31.2 Å². The van der Waals surface area contributed by atoms with Gasteiger partial charge in [-0.15, -0.1) is 0 Å². The third kappa shape index (κ3) is 2.57. The van der Waals surface area contributed by atoms with Crippen molar-refractivity contribution >= 4 is 11.7 Å². The second kappa shape index (κ2) is 5.19. The number of benzene rings is 1. The van der Waals surface area contributed by atoms with Crippen LogP contribution in [0.4, 0.5) is 5.69 Å². The van der Waals surface area contributed by atoms with E-state index in [4.69, 9.17) is 14.6 Å². The Morgan fingerprint density at radius 3 is 2.79 bits per heavy atom. The van der Waals surface area contributed by atoms with Crippen LogP contribution in [-0.4, -0.2) is 37.4 Å². The largest absolute Gasteiger partial charge is 0.481 e. The van der Waals surface area contributed by atoms with E-state index in [0.29, 0.717) is 26.2 Å². The molecule has 5 nitrogen and oxygen atoms in total. The first kappa shape index (κ1) is 12.4. The van der Waals surface area contributed by atoms with Gasteiger partial charge in [0, 0.05) is 24.3 Å². The highest BCUT2D eigenvalue weighted by Crippen LogP contribution is 2.29. The lowest BCUT2D eigenvalue weighted by Gasteiger charge is -2.20. The van der Waals surface area contributed by atoms with E-state index in [-0.39, 0.29) is 12.2 Å². The molecule has 0 saturated carbocycles. The summed E-state index contributed by atoms with van der Waals surface area (Å²) in [7, 11) is 0. The van der Waals surface area contributed by atoms with Crippen LogP contribution in [0.1, 0.15) is 18.3 Å². The Morgan fingerprint density at radius 2 is 2.11 bits per heavy atom. The number of nitrogens with zero attached hydrogens (tertiary/aromatic N) is 1. The zero-order chi connectivity index (χ0) is 13.2. The van der Waals surface area contributed by atoms with Crippen LogP contribution in [-0.2, 0) is 14.3 Å². The van der Waals surface area contributed by atoms with E-state index in [1.165, 1.54) is 0 Å². The van der Waals surface area contributed by atoms with E-state index >= 15 is 0 Å². The summed E-state index contributed by atoms with van der Waals surface area (Å²) in [6.07, 6.45) is 0.425. The van der Waals surface area contributed by atoms with Crippen LogP contribution in [0.2, 0.25) is 0 Å². The predicted molar refractivity (Wildman–Crippen MR) is 69.0 cm³/mol. The Morgan fingerprint density at radius 1 is 1.32 bits per heavy atom. The normalized spacial score (nSPS) is 24.0. The van der Waals surface area contributed by atoms with Gasteiger partial charge in [-0.2, -0.15) is 0 Å². The van der Waals surface area contributed by atoms with Crippen LogP contribution >= 0.6 is 0 Å². The maximum atomic E-state index is 11.0. The fourth-order valence-electron chi connectivity index (χ4n) is 2.62. The van der Waals surface area contributed by atoms with Gasteiger partial charge >= 0.3 is 5.97 Å². The summed E-state index contributed by atoms with van der Waals surface area (Å²) in [4.78, 5) is 13.1. The molecule has 2 saturated heterocycles. The second-order valence-corrected chi connectivity index (χ2v) is 4.94. The van der Waals surface area contributed by atoms with Gasteiger partial charge in [0.1, 0.15) is 0 Å². The molecule has 0 spiro atoms. The van der Waals surface area contributed by atoms with Crippen molar-refractivity contribution in [1.82, 2.24) is 0 Å². The van der Waals surface area contributed by atoms with Crippen LogP contribution < -0.4 is 4.90 Å². The standard InChI is InChI=1S/C14H17NO4/c16-13(17)11-4-5-15(9-11)12-3-1-2-10(8-12)14-18-6-7-19-14/h1-3,8,11,14H,4-7,9H2,(H,16,17). The minimum absolute atomic E-state index is 0.261. The van der Waals surface area contributed by atoms with Crippen molar-refractivity contribution in [1.29, 1.82) is 0 Å². The Labute approximate surface area is 111 Å². The van der Waals surface area contributed by atoms with Gasteiger partial charge in [-0.1, -0.05) is 12.1 Å². The summed E-state index contributed by atoms with van der Waals surface area (Å²) in [5, 5.41) is 9.04. The van der Waals surface area contributed by atoms with Gasteiger partial charge in [-0.3, -0.25) is 4.79 Å². The number of aliphatic carboxylic acids is 1. The zero-order valence-corrected chi connectivity index (χ0v) is 10.6. The van der Waals surface area contributed by atoms with Crippen molar-refractivity contribution in [3.63, 3.8) is 0 Å². The topological polar surface area (TPSA) is 59.0 Å². The van der Waals surface area contributed by atoms with Gasteiger partial charge < -0.3 is 19.5 Å². The summed E-state index contributed by atoms with van der Waals surface area (Å²) < 4.78 is 11.0. The number of rotatable bonds is 3. The summed E-state index contributed by atoms with van der Waals surface area (Å²) in [5.41, 5.74) is 2.04. The number of carboxylic acids is 1. The van der Waals surface area contributed by atoms with Crippen LogP contribution in [0.25, 0.3) is 0 Å². The fraction of sp³-hybridized carbons (Fsp3) is 0.500. The van der Waals surface area contributed by atoms with Crippen molar-refractivity contribution in [2.45, 2.75) is 12.7 Å². The monoisotopic (exact) mass is 263 g/mol. The second-order valence-electron chi connectivity index (χ2n) is 4.94. The highest BCUT2D eigenvalue weighted by molar-refractivity contribution is 5.72. The van der Waals surface area contributed by atoms with Gasteiger partial charge in [-0.05, 0) is 18.6 Å². The average molecular weight is 263 g/mol. The lowest BCUT2D eigenvalue weighted by molar-refractivity contribution is -0.140. The summed E-state index contributed by atoms with van der Waals surface area (Å²) in [6, 6.07) is 7.97. The maximum Gasteiger partial charge on any atom is 0.308 e. The molecule has 5 heteroatoms. The molecule has 1 unspecified atom stereocenters. The van der Waals surface area contributed by atoms with Crippen LogP contribution in [0.15, 0.2) is 24.3 Å².